The van der Waals surface area contributed by atoms with Crippen molar-refractivity contribution in [2.45, 2.75) is 32.2 Å². The minimum absolute atomic E-state index is 0.289. The molecule has 0 spiro atoms. The molecule has 0 aromatic heterocycles. The number of nitrogens with one attached hydrogen (secondary N) is 1. The summed E-state index contributed by atoms with van der Waals surface area (Å²) in [5.74, 6) is -0.289. The van der Waals surface area contributed by atoms with Crippen LogP contribution in [0.25, 0.3) is 0 Å². The number of likely N-dealkylation sites (N-methyl/N-ethyl adjacent to an activating group) is 1. The summed E-state index contributed by atoms with van der Waals surface area (Å²) in [6, 6.07) is 4.94. The number of ether oxygens (including phenoxy) is 1. The highest BCUT2D eigenvalue weighted by Gasteiger charge is 2.11. The van der Waals surface area contributed by atoms with Crippen LogP contribution in [0.2, 0.25) is 5.02 Å². The molecule has 1 aromatic rings. The van der Waals surface area contributed by atoms with E-state index in [4.69, 9.17) is 16.3 Å². The van der Waals surface area contributed by atoms with Gasteiger partial charge in [0.2, 0.25) is 0 Å². The topological polar surface area (TPSA) is 21.3 Å². The first kappa shape index (κ1) is 15.4. The fourth-order valence-electron chi connectivity index (χ4n) is 1.99. The zero-order valence-electron chi connectivity index (χ0n) is 11.0. The quantitative estimate of drug-likeness (QED) is 0.733. The minimum Gasteiger partial charge on any atom is -0.385 e. The molecule has 102 valence electrons. The molecule has 0 aliphatic carbocycles. The fraction of sp³-hybridized carbons (Fsp3) is 0.571. The third-order valence-electron chi connectivity index (χ3n) is 2.88. The Morgan fingerprint density at radius 2 is 2.22 bits per heavy atom. The Bertz CT molecular complexity index is 360. The van der Waals surface area contributed by atoms with E-state index in [1.54, 1.807) is 13.2 Å². The van der Waals surface area contributed by atoms with Crippen LogP contribution >= 0.6 is 11.6 Å². The van der Waals surface area contributed by atoms with Crippen LogP contribution in [0.3, 0.4) is 0 Å². The molecule has 4 heteroatoms. The van der Waals surface area contributed by atoms with Gasteiger partial charge in [0.15, 0.2) is 0 Å². The lowest BCUT2D eigenvalue weighted by Gasteiger charge is -2.18. The van der Waals surface area contributed by atoms with Gasteiger partial charge in [-0.05, 0) is 43.5 Å². The number of methoxy groups -OCH3 is 1. The van der Waals surface area contributed by atoms with Gasteiger partial charge in [0.1, 0.15) is 5.82 Å². The van der Waals surface area contributed by atoms with Crippen LogP contribution < -0.4 is 5.32 Å². The molecule has 0 saturated heterocycles. The van der Waals surface area contributed by atoms with Crippen LogP contribution in [0.4, 0.5) is 4.39 Å². The molecule has 0 saturated carbocycles. The van der Waals surface area contributed by atoms with Crippen molar-refractivity contribution in [1.82, 2.24) is 5.32 Å². The van der Waals surface area contributed by atoms with Gasteiger partial charge in [-0.2, -0.15) is 0 Å². The van der Waals surface area contributed by atoms with E-state index in [0.29, 0.717) is 11.1 Å². The lowest BCUT2D eigenvalue weighted by molar-refractivity contribution is 0.188. The van der Waals surface area contributed by atoms with E-state index in [9.17, 15) is 4.39 Å². The highest BCUT2D eigenvalue weighted by molar-refractivity contribution is 6.31. The molecule has 1 aromatic carbocycles. The van der Waals surface area contributed by atoms with Crippen molar-refractivity contribution < 1.29 is 9.13 Å². The van der Waals surface area contributed by atoms with E-state index in [1.807, 2.05) is 0 Å². The first-order valence-corrected chi connectivity index (χ1v) is 6.71. The van der Waals surface area contributed by atoms with Crippen molar-refractivity contribution in [1.29, 1.82) is 0 Å². The van der Waals surface area contributed by atoms with Gasteiger partial charge in [0.05, 0.1) is 0 Å². The molecule has 0 heterocycles. The summed E-state index contributed by atoms with van der Waals surface area (Å²) in [5.41, 5.74) is 0.987. The van der Waals surface area contributed by atoms with Gasteiger partial charge in [0.25, 0.3) is 0 Å². The molecule has 0 aliphatic rings. The monoisotopic (exact) mass is 273 g/mol. The van der Waals surface area contributed by atoms with E-state index < -0.39 is 0 Å². The number of hydrogen-bond donors (Lipinski definition) is 1. The normalized spacial score (nSPS) is 12.7. The van der Waals surface area contributed by atoms with Crippen LogP contribution in [-0.4, -0.2) is 26.3 Å². The van der Waals surface area contributed by atoms with E-state index in [0.717, 1.165) is 38.0 Å². The third-order valence-corrected chi connectivity index (χ3v) is 3.23. The SMILES string of the molecule is CCNC(CCCOC)Cc1ccc(F)cc1Cl. The molecular weight excluding hydrogens is 253 g/mol. The van der Waals surface area contributed by atoms with Gasteiger partial charge < -0.3 is 10.1 Å². The maximum absolute atomic E-state index is 13.0. The Morgan fingerprint density at radius 1 is 1.44 bits per heavy atom. The van der Waals surface area contributed by atoms with Crippen molar-refractivity contribution in [2.24, 2.45) is 0 Å². The van der Waals surface area contributed by atoms with Crippen molar-refractivity contribution in [3.8, 4) is 0 Å². The lowest BCUT2D eigenvalue weighted by Crippen LogP contribution is -2.31. The van der Waals surface area contributed by atoms with Gasteiger partial charge in [0, 0.05) is 24.8 Å². The Hall–Kier alpha value is -0.640. The zero-order valence-corrected chi connectivity index (χ0v) is 11.8. The number of hydrogen-bond acceptors (Lipinski definition) is 2. The highest BCUT2D eigenvalue weighted by atomic mass is 35.5. The largest absolute Gasteiger partial charge is 0.385 e. The molecule has 1 rings (SSSR count). The van der Waals surface area contributed by atoms with Crippen LogP contribution in [0.5, 0.6) is 0 Å². The van der Waals surface area contributed by atoms with Gasteiger partial charge in [-0.1, -0.05) is 24.6 Å². The van der Waals surface area contributed by atoms with Crippen LogP contribution in [-0.2, 0) is 11.2 Å². The molecular formula is C14H21ClFNO. The molecule has 18 heavy (non-hydrogen) atoms. The van der Waals surface area contributed by atoms with Gasteiger partial charge in [-0.25, -0.2) is 4.39 Å². The molecule has 0 aliphatic heterocycles. The van der Waals surface area contributed by atoms with Crippen LogP contribution in [0, 0.1) is 5.82 Å². The summed E-state index contributed by atoms with van der Waals surface area (Å²) in [5, 5.41) is 3.93. The average molecular weight is 274 g/mol. The van der Waals surface area contributed by atoms with Gasteiger partial charge in [-0.3, -0.25) is 0 Å². The second kappa shape index (κ2) is 8.46. The second-order valence-electron chi connectivity index (χ2n) is 4.33. The third kappa shape index (κ3) is 5.34. The Morgan fingerprint density at radius 3 is 2.83 bits per heavy atom. The van der Waals surface area contributed by atoms with Gasteiger partial charge >= 0.3 is 0 Å². The molecule has 0 amide bonds. The molecule has 1 atom stereocenters. The summed E-state index contributed by atoms with van der Waals surface area (Å²) in [7, 11) is 1.71. The first-order chi connectivity index (χ1) is 8.67. The van der Waals surface area contributed by atoms with Crippen molar-refractivity contribution in [3.63, 3.8) is 0 Å². The predicted octanol–water partition coefficient (Wildman–Crippen LogP) is 3.43. The summed E-state index contributed by atoms with van der Waals surface area (Å²) < 4.78 is 18.0. The summed E-state index contributed by atoms with van der Waals surface area (Å²) >= 11 is 6.04. The second-order valence-corrected chi connectivity index (χ2v) is 4.74. The molecule has 0 radical (unpaired) electrons. The first-order valence-electron chi connectivity index (χ1n) is 6.33. The predicted molar refractivity (Wildman–Crippen MR) is 73.7 cm³/mol. The van der Waals surface area contributed by atoms with E-state index in [1.165, 1.54) is 12.1 Å². The standard InChI is InChI=1S/C14H21ClFNO/c1-3-17-13(5-4-8-18-2)9-11-6-7-12(16)10-14(11)15/h6-7,10,13,17H,3-5,8-9H2,1-2H3. The van der Waals surface area contributed by atoms with E-state index >= 15 is 0 Å². The summed E-state index contributed by atoms with van der Waals surface area (Å²) in [4.78, 5) is 0. The number of rotatable bonds is 8. The number of halogens is 2. The molecule has 0 fully saturated rings. The van der Waals surface area contributed by atoms with E-state index in [2.05, 4.69) is 12.2 Å². The van der Waals surface area contributed by atoms with Crippen LogP contribution in [0.1, 0.15) is 25.3 Å². The maximum atomic E-state index is 13.0. The molecule has 1 unspecified atom stereocenters. The van der Waals surface area contributed by atoms with Crippen molar-refractivity contribution in [2.75, 3.05) is 20.3 Å². The maximum Gasteiger partial charge on any atom is 0.124 e. The Kier molecular flexibility index (Phi) is 7.25. The highest BCUT2D eigenvalue weighted by Crippen LogP contribution is 2.19. The van der Waals surface area contributed by atoms with Crippen LogP contribution in [0.15, 0.2) is 18.2 Å². The molecule has 0 bridgehead atoms. The smallest absolute Gasteiger partial charge is 0.124 e. The average Bonchev–Trinajstić information content (AvgIpc) is 2.33. The van der Waals surface area contributed by atoms with Crippen molar-refractivity contribution in [3.05, 3.63) is 34.6 Å². The summed E-state index contributed by atoms with van der Waals surface area (Å²) in [6.07, 6.45) is 2.85. The fourth-order valence-corrected chi connectivity index (χ4v) is 2.24. The lowest BCUT2D eigenvalue weighted by atomic mass is 10.0. The molecule has 2 nitrogen and oxygen atoms in total. The Balaban J connectivity index is 2.58. The zero-order chi connectivity index (χ0) is 13.4. The Labute approximate surface area is 113 Å². The van der Waals surface area contributed by atoms with Gasteiger partial charge in [-0.15, -0.1) is 0 Å². The summed E-state index contributed by atoms with van der Waals surface area (Å²) in [6.45, 7) is 3.76. The minimum atomic E-state index is -0.289. The van der Waals surface area contributed by atoms with E-state index in [-0.39, 0.29) is 5.82 Å². The number of benzene rings is 1. The molecule has 1 N–H and O–H groups in total. The van der Waals surface area contributed by atoms with Crippen molar-refractivity contribution >= 4 is 11.6 Å².